The van der Waals surface area contributed by atoms with Gasteiger partial charge < -0.3 is 11.1 Å². The van der Waals surface area contributed by atoms with E-state index in [2.05, 4.69) is 5.32 Å². The van der Waals surface area contributed by atoms with Crippen LogP contribution in [0.1, 0.15) is 35.1 Å². The minimum atomic E-state index is -0.516. The van der Waals surface area contributed by atoms with E-state index in [1.807, 2.05) is 0 Å². The first-order valence-electron chi connectivity index (χ1n) is 9.58. The van der Waals surface area contributed by atoms with Gasteiger partial charge in [0.05, 0.1) is 0 Å². The van der Waals surface area contributed by atoms with Gasteiger partial charge in [0.25, 0.3) is 0 Å². The third-order valence-electron chi connectivity index (χ3n) is 5.17. The predicted molar refractivity (Wildman–Crippen MR) is 119 cm³/mol. The zero-order chi connectivity index (χ0) is 22.7. The number of rotatable bonds is 2. The summed E-state index contributed by atoms with van der Waals surface area (Å²) in [7, 11) is 1.56. The Hall–Kier alpha value is -2.70. The van der Waals surface area contributed by atoms with E-state index in [1.54, 1.807) is 7.05 Å². The summed E-state index contributed by atoms with van der Waals surface area (Å²) in [5.41, 5.74) is 9.96. The summed E-state index contributed by atoms with van der Waals surface area (Å²) < 4.78 is 26.3. The van der Waals surface area contributed by atoms with Crippen LogP contribution >= 0.6 is 23.2 Å². The molecule has 0 saturated carbocycles. The summed E-state index contributed by atoms with van der Waals surface area (Å²) in [6.45, 7) is 0. The minimum Gasteiger partial charge on any atom is -0.366 e. The van der Waals surface area contributed by atoms with Gasteiger partial charge in [-0.15, -0.1) is 0 Å². The van der Waals surface area contributed by atoms with Crippen molar-refractivity contribution in [1.82, 2.24) is 5.32 Å². The van der Waals surface area contributed by atoms with Crippen molar-refractivity contribution in [3.05, 3.63) is 80.4 Å². The second kappa shape index (κ2) is 9.62. The Labute approximate surface area is 188 Å². The average Bonchev–Trinajstić information content (AvgIpc) is 3.27. The van der Waals surface area contributed by atoms with E-state index in [0.717, 1.165) is 47.1 Å². The fraction of sp³-hybridized carbons (Fsp3) is 0.217. The van der Waals surface area contributed by atoms with E-state index in [-0.39, 0.29) is 11.7 Å². The lowest BCUT2D eigenvalue weighted by atomic mass is 10.1. The van der Waals surface area contributed by atoms with Crippen LogP contribution in [0.2, 0.25) is 10.0 Å². The summed E-state index contributed by atoms with van der Waals surface area (Å²) in [6, 6.07) is 5.42. The van der Waals surface area contributed by atoms with Crippen molar-refractivity contribution in [2.75, 3.05) is 7.05 Å². The number of fused-ring (bicyclic) bond motifs is 2. The molecule has 4 nitrogen and oxygen atoms in total. The number of amides is 2. The van der Waals surface area contributed by atoms with E-state index < -0.39 is 11.7 Å². The third-order valence-corrected chi connectivity index (χ3v) is 5.84. The van der Waals surface area contributed by atoms with Gasteiger partial charge in [0, 0.05) is 29.2 Å². The van der Waals surface area contributed by atoms with Gasteiger partial charge in [0.2, 0.25) is 11.8 Å². The molecule has 3 N–H and O–H groups in total. The van der Waals surface area contributed by atoms with Crippen LogP contribution in [-0.2, 0) is 22.4 Å². The Bertz CT molecular complexity index is 1130. The summed E-state index contributed by atoms with van der Waals surface area (Å²) in [6.07, 6.45) is 5.74. The summed E-state index contributed by atoms with van der Waals surface area (Å²) >= 11 is 11.8. The first-order chi connectivity index (χ1) is 14.7. The highest BCUT2D eigenvalue weighted by molar-refractivity contribution is 6.32. The van der Waals surface area contributed by atoms with Gasteiger partial charge in [0.15, 0.2) is 0 Å². The molecule has 0 saturated heterocycles. The van der Waals surface area contributed by atoms with Crippen LogP contribution in [-0.4, -0.2) is 18.9 Å². The maximum Gasteiger partial charge on any atom is 0.244 e. The molecule has 4 rings (SSSR count). The van der Waals surface area contributed by atoms with Crippen molar-refractivity contribution in [3.8, 4) is 0 Å². The van der Waals surface area contributed by atoms with Crippen LogP contribution in [0.3, 0.4) is 0 Å². The summed E-state index contributed by atoms with van der Waals surface area (Å²) in [5.74, 6) is -1.45. The maximum absolute atomic E-state index is 13.2. The van der Waals surface area contributed by atoms with Crippen molar-refractivity contribution in [1.29, 1.82) is 0 Å². The molecule has 2 aliphatic carbocycles. The first kappa shape index (κ1) is 23.0. The van der Waals surface area contributed by atoms with Crippen molar-refractivity contribution >= 4 is 46.2 Å². The Balaban J connectivity index is 0.000000176. The van der Waals surface area contributed by atoms with E-state index >= 15 is 0 Å². The van der Waals surface area contributed by atoms with Crippen LogP contribution in [0.5, 0.6) is 0 Å². The third kappa shape index (κ3) is 5.32. The van der Waals surface area contributed by atoms with Crippen molar-refractivity contribution in [2.45, 2.75) is 25.7 Å². The molecule has 0 fully saturated rings. The molecule has 0 bridgehead atoms. The minimum absolute atomic E-state index is 0.178. The SMILES string of the molecule is CNC(=O)/C=C1\CCc2c(Cl)cc(F)cc21.NC(=O)/C=C1\CCc2c(Cl)cc(F)cc21. The number of carbonyl (C=O) groups excluding carboxylic acids is 2. The highest BCUT2D eigenvalue weighted by Crippen LogP contribution is 2.38. The maximum atomic E-state index is 13.2. The van der Waals surface area contributed by atoms with Crippen LogP contribution in [0, 0.1) is 11.6 Å². The number of carbonyl (C=O) groups is 2. The molecule has 2 amide bonds. The molecule has 162 valence electrons. The molecule has 0 atom stereocenters. The van der Waals surface area contributed by atoms with Gasteiger partial charge in [0.1, 0.15) is 11.6 Å². The molecule has 0 aliphatic heterocycles. The number of nitrogens with two attached hydrogens (primary N) is 1. The molecule has 2 aliphatic rings. The topological polar surface area (TPSA) is 72.2 Å². The fourth-order valence-corrected chi connectivity index (χ4v) is 4.38. The quantitative estimate of drug-likeness (QED) is 0.623. The van der Waals surface area contributed by atoms with Crippen LogP contribution < -0.4 is 11.1 Å². The van der Waals surface area contributed by atoms with E-state index in [0.29, 0.717) is 22.0 Å². The lowest BCUT2D eigenvalue weighted by Gasteiger charge is -2.03. The molecular weight excluding hydrogens is 445 g/mol. The lowest BCUT2D eigenvalue weighted by Crippen LogP contribution is -2.14. The molecule has 0 aromatic heterocycles. The monoisotopic (exact) mass is 464 g/mol. The number of hydrogen-bond donors (Lipinski definition) is 2. The number of halogens is 4. The van der Waals surface area contributed by atoms with Gasteiger partial charge in [-0.1, -0.05) is 23.2 Å². The van der Waals surface area contributed by atoms with Gasteiger partial charge >= 0.3 is 0 Å². The van der Waals surface area contributed by atoms with Crippen LogP contribution in [0.4, 0.5) is 8.78 Å². The molecular formula is C23H20Cl2F2N2O2. The van der Waals surface area contributed by atoms with Crippen molar-refractivity contribution in [3.63, 3.8) is 0 Å². The molecule has 0 unspecified atom stereocenters. The second-order valence-electron chi connectivity index (χ2n) is 7.18. The Morgan fingerprint density at radius 2 is 1.32 bits per heavy atom. The number of nitrogens with one attached hydrogen (secondary N) is 1. The number of hydrogen-bond acceptors (Lipinski definition) is 2. The van der Waals surface area contributed by atoms with E-state index in [4.69, 9.17) is 28.9 Å². The van der Waals surface area contributed by atoms with Gasteiger partial charge in [-0.3, -0.25) is 9.59 Å². The van der Waals surface area contributed by atoms with Crippen LogP contribution in [0.25, 0.3) is 11.1 Å². The van der Waals surface area contributed by atoms with Crippen LogP contribution in [0.15, 0.2) is 36.4 Å². The first-order valence-corrected chi connectivity index (χ1v) is 10.3. The number of primary amides is 1. The van der Waals surface area contributed by atoms with Gasteiger partial charge in [-0.25, -0.2) is 8.78 Å². The van der Waals surface area contributed by atoms with Gasteiger partial charge in [-0.05, 0) is 83.3 Å². The normalized spacial score (nSPS) is 16.5. The lowest BCUT2D eigenvalue weighted by molar-refractivity contribution is -0.116. The highest BCUT2D eigenvalue weighted by atomic mass is 35.5. The number of likely N-dealkylation sites (N-methyl/N-ethyl adjacent to an activating group) is 1. The zero-order valence-corrected chi connectivity index (χ0v) is 18.2. The molecule has 2 aromatic carbocycles. The predicted octanol–water partition coefficient (Wildman–Crippen LogP) is 4.85. The van der Waals surface area contributed by atoms with Gasteiger partial charge in [-0.2, -0.15) is 0 Å². The Morgan fingerprint density at radius 1 is 0.871 bits per heavy atom. The molecule has 0 radical (unpaired) electrons. The smallest absolute Gasteiger partial charge is 0.244 e. The standard InChI is InChI=1S/C12H11ClFNO.C11H9ClFNO/c1-15-12(16)4-7-2-3-9-10(7)5-8(14)6-11(9)13;12-10-5-7(13)4-9-6(3-11(14)15)1-2-8(9)10/h4-6H,2-3H2,1H3,(H,15,16);3-5H,1-2H2,(H2,14,15)/b7-4+;6-3+. The second-order valence-corrected chi connectivity index (χ2v) is 8.00. The number of allylic oxidation sites excluding steroid dienone is 2. The Kier molecular flexibility index (Phi) is 7.13. The molecule has 0 heterocycles. The zero-order valence-electron chi connectivity index (χ0n) is 16.7. The van der Waals surface area contributed by atoms with Crippen molar-refractivity contribution in [2.24, 2.45) is 5.73 Å². The summed E-state index contributed by atoms with van der Waals surface area (Å²) in [5, 5.41) is 3.36. The molecule has 0 spiro atoms. The van der Waals surface area contributed by atoms with E-state index in [1.165, 1.54) is 36.4 Å². The summed E-state index contributed by atoms with van der Waals surface area (Å²) in [4.78, 5) is 22.0. The van der Waals surface area contributed by atoms with E-state index in [9.17, 15) is 18.4 Å². The average molecular weight is 465 g/mol. The fourth-order valence-electron chi connectivity index (χ4n) is 3.78. The molecule has 8 heteroatoms. The number of benzene rings is 2. The molecule has 2 aromatic rings. The largest absolute Gasteiger partial charge is 0.366 e. The van der Waals surface area contributed by atoms with Crippen molar-refractivity contribution < 1.29 is 18.4 Å². The Morgan fingerprint density at radius 3 is 1.74 bits per heavy atom. The molecule has 31 heavy (non-hydrogen) atoms. The highest BCUT2D eigenvalue weighted by Gasteiger charge is 2.21.